The molecule has 1 N–H and O–H groups in total. The Morgan fingerprint density at radius 1 is 1.36 bits per heavy atom. The van der Waals surface area contributed by atoms with E-state index in [1.54, 1.807) is 9.58 Å². The molecule has 0 saturated carbocycles. The average molecular weight is 343 g/mol. The lowest BCUT2D eigenvalue weighted by atomic mass is 10.2. The Bertz CT molecular complexity index is 732. The summed E-state index contributed by atoms with van der Waals surface area (Å²) in [7, 11) is 1.83. The number of carbonyl (C=O) groups excluding carboxylic acids is 1. The van der Waals surface area contributed by atoms with E-state index in [9.17, 15) is 4.79 Å². The number of amides is 1. The molecule has 2 aromatic rings. The van der Waals surface area contributed by atoms with Crippen LogP contribution in [0.5, 0.6) is 5.75 Å². The number of nitrogens with one attached hydrogen (secondary N) is 1. The summed E-state index contributed by atoms with van der Waals surface area (Å²) in [6, 6.07) is 7.84. The molecule has 1 aromatic carbocycles. The van der Waals surface area contributed by atoms with Gasteiger partial charge in [-0.15, -0.1) is 5.10 Å². The van der Waals surface area contributed by atoms with Crippen molar-refractivity contribution in [1.29, 1.82) is 0 Å². The van der Waals surface area contributed by atoms with Crippen molar-refractivity contribution in [2.45, 2.75) is 39.3 Å². The van der Waals surface area contributed by atoms with Crippen molar-refractivity contribution in [1.82, 2.24) is 25.2 Å². The van der Waals surface area contributed by atoms with Crippen LogP contribution in [0.15, 0.2) is 24.3 Å². The molecule has 1 saturated heterocycles. The Balaban J connectivity index is 1.79. The minimum absolute atomic E-state index is 0.0859. The van der Waals surface area contributed by atoms with Crippen molar-refractivity contribution in [3.63, 3.8) is 0 Å². The number of carbonyl (C=O) groups is 1. The Morgan fingerprint density at radius 2 is 2.08 bits per heavy atom. The molecule has 1 aliphatic rings. The zero-order valence-corrected chi connectivity index (χ0v) is 15.2. The second-order valence-corrected chi connectivity index (χ2v) is 6.66. The van der Waals surface area contributed by atoms with Gasteiger partial charge in [0.2, 0.25) is 0 Å². The predicted octanol–water partition coefficient (Wildman–Crippen LogP) is 1.80. The van der Waals surface area contributed by atoms with E-state index in [4.69, 9.17) is 4.74 Å². The lowest BCUT2D eigenvalue weighted by Crippen LogP contribution is -2.38. The van der Waals surface area contributed by atoms with Gasteiger partial charge >= 0.3 is 0 Å². The summed E-state index contributed by atoms with van der Waals surface area (Å²) in [5.74, 6) is 0.721. The zero-order chi connectivity index (χ0) is 18.0. The maximum atomic E-state index is 12.7. The summed E-state index contributed by atoms with van der Waals surface area (Å²) in [6.45, 7) is 7.62. The Labute approximate surface area is 148 Å². The number of nitrogens with zero attached hydrogens (tertiary/aromatic N) is 4. The summed E-state index contributed by atoms with van der Waals surface area (Å²) < 4.78 is 7.34. The monoisotopic (exact) mass is 343 g/mol. The molecule has 134 valence electrons. The SMILES string of the molecule is Cc1c(C(=O)N(C)C2CCNC2)nnn1-c1ccc(OC(C)C)cc1. The molecule has 1 atom stereocenters. The number of hydrogen-bond acceptors (Lipinski definition) is 5. The minimum atomic E-state index is -0.0859. The highest BCUT2D eigenvalue weighted by molar-refractivity contribution is 5.93. The first-order valence-electron chi connectivity index (χ1n) is 8.64. The van der Waals surface area contributed by atoms with Crippen molar-refractivity contribution in [2.24, 2.45) is 0 Å². The van der Waals surface area contributed by atoms with Gasteiger partial charge in [-0.05, 0) is 58.0 Å². The quantitative estimate of drug-likeness (QED) is 0.896. The fourth-order valence-corrected chi connectivity index (χ4v) is 3.01. The van der Waals surface area contributed by atoms with E-state index in [1.165, 1.54) is 0 Å². The third kappa shape index (κ3) is 3.66. The van der Waals surface area contributed by atoms with Crippen LogP contribution in [0.1, 0.15) is 36.5 Å². The fourth-order valence-electron chi connectivity index (χ4n) is 3.01. The molecule has 1 unspecified atom stereocenters. The van der Waals surface area contributed by atoms with Crippen LogP contribution in [0, 0.1) is 6.92 Å². The van der Waals surface area contributed by atoms with Crippen LogP contribution in [0.25, 0.3) is 5.69 Å². The van der Waals surface area contributed by atoms with Gasteiger partial charge in [-0.1, -0.05) is 5.21 Å². The number of ether oxygens (including phenoxy) is 1. The molecule has 1 fully saturated rings. The zero-order valence-electron chi connectivity index (χ0n) is 15.2. The van der Waals surface area contributed by atoms with Crippen molar-refractivity contribution in [3.05, 3.63) is 35.7 Å². The number of rotatable bonds is 5. The van der Waals surface area contributed by atoms with Crippen molar-refractivity contribution >= 4 is 5.91 Å². The fraction of sp³-hybridized carbons (Fsp3) is 0.500. The molecular formula is C18H25N5O2. The van der Waals surface area contributed by atoms with Crippen LogP contribution in [-0.2, 0) is 0 Å². The van der Waals surface area contributed by atoms with Crippen molar-refractivity contribution in [2.75, 3.05) is 20.1 Å². The molecule has 3 rings (SSSR count). The van der Waals surface area contributed by atoms with Gasteiger partial charge in [0.25, 0.3) is 5.91 Å². The Morgan fingerprint density at radius 3 is 2.68 bits per heavy atom. The molecule has 7 nitrogen and oxygen atoms in total. The molecule has 2 heterocycles. The van der Waals surface area contributed by atoms with Crippen LogP contribution in [-0.4, -0.2) is 58.1 Å². The van der Waals surface area contributed by atoms with Gasteiger partial charge in [0.15, 0.2) is 5.69 Å². The van der Waals surface area contributed by atoms with Crippen LogP contribution < -0.4 is 10.1 Å². The molecule has 1 aliphatic heterocycles. The smallest absolute Gasteiger partial charge is 0.276 e. The van der Waals surface area contributed by atoms with E-state index < -0.39 is 0 Å². The van der Waals surface area contributed by atoms with Crippen molar-refractivity contribution < 1.29 is 9.53 Å². The van der Waals surface area contributed by atoms with Crippen LogP contribution in [0.3, 0.4) is 0 Å². The lowest BCUT2D eigenvalue weighted by molar-refractivity contribution is 0.0737. The second kappa shape index (κ2) is 7.23. The first-order valence-corrected chi connectivity index (χ1v) is 8.64. The lowest BCUT2D eigenvalue weighted by Gasteiger charge is -2.22. The van der Waals surface area contributed by atoms with Gasteiger partial charge in [0, 0.05) is 19.6 Å². The largest absolute Gasteiger partial charge is 0.491 e. The van der Waals surface area contributed by atoms with Gasteiger partial charge in [0.1, 0.15) is 5.75 Å². The molecule has 0 spiro atoms. The molecule has 25 heavy (non-hydrogen) atoms. The van der Waals surface area contributed by atoms with Crippen LogP contribution in [0.2, 0.25) is 0 Å². The van der Waals surface area contributed by atoms with E-state index in [0.29, 0.717) is 5.69 Å². The predicted molar refractivity (Wildman–Crippen MR) is 95.2 cm³/mol. The van der Waals surface area contributed by atoms with Crippen molar-refractivity contribution in [3.8, 4) is 11.4 Å². The molecular weight excluding hydrogens is 318 g/mol. The minimum Gasteiger partial charge on any atom is -0.491 e. The number of aromatic nitrogens is 3. The Hall–Kier alpha value is -2.41. The third-order valence-electron chi connectivity index (χ3n) is 4.45. The average Bonchev–Trinajstić information content (AvgIpc) is 3.24. The third-order valence-corrected chi connectivity index (χ3v) is 4.45. The highest BCUT2D eigenvalue weighted by atomic mass is 16.5. The second-order valence-electron chi connectivity index (χ2n) is 6.66. The maximum Gasteiger partial charge on any atom is 0.276 e. The normalized spacial score (nSPS) is 17.1. The van der Waals surface area contributed by atoms with Crippen LogP contribution in [0.4, 0.5) is 0 Å². The number of likely N-dealkylation sites (N-methyl/N-ethyl adjacent to an activating group) is 1. The van der Waals surface area contributed by atoms with Gasteiger partial charge in [0.05, 0.1) is 17.5 Å². The molecule has 1 amide bonds. The number of benzene rings is 1. The molecule has 1 aromatic heterocycles. The van der Waals surface area contributed by atoms with E-state index in [0.717, 1.165) is 36.6 Å². The summed E-state index contributed by atoms with van der Waals surface area (Å²) >= 11 is 0. The Kier molecular flexibility index (Phi) is 5.03. The molecule has 0 radical (unpaired) electrons. The van der Waals surface area contributed by atoms with Gasteiger partial charge in [-0.2, -0.15) is 0 Å². The maximum absolute atomic E-state index is 12.7. The highest BCUT2D eigenvalue weighted by Crippen LogP contribution is 2.19. The van der Waals surface area contributed by atoms with Gasteiger partial charge < -0.3 is 15.0 Å². The highest BCUT2D eigenvalue weighted by Gasteiger charge is 2.27. The van der Waals surface area contributed by atoms with E-state index in [2.05, 4.69) is 15.6 Å². The van der Waals surface area contributed by atoms with E-state index >= 15 is 0 Å². The van der Waals surface area contributed by atoms with Gasteiger partial charge in [-0.25, -0.2) is 4.68 Å². The molecule has 0 aliphatic carbocycles. The topological polar surface area (TPSA) is 72.3 Å². The molecule has 0 bridgehead atoms. The summed E-state index contributed by atoms with van der Waals surface area (Å²) in [5.41, 5.74) is 1.99. The first-order chi connectivity index (χ1) is 12.0. The molecule has 7 heteroatoms. The van der Waals surface area contributed by atoms with E-state index in [1.807, 2.05) is 52.1 Å². The van der Waals surface area contributed by atoms with E-state index in [-0.39, 0.29) is 18.1 Å². The number of hydrogen-bond donors (Lipinski definition) is 1. The van der Waals surface area contributed by atoms with Gasteiger partial charge in [-0.3, -0.25) is 4.79 Å². The summed E-state index contributed by atoms with van der Waals surface area (Å²) in [4.78, 5) is 14.5. The summed E-state index contributed by atoms with van der Waals surface area (Å²) in [5, 5.41) is 11.6. The summed E-state index contributed by atoms with van der Waals surface area (Å²) in [6.07, 6.45) is 1.09. The van der Waals surface area contributed by atoms with Crippen LogP contribution >= 0.6 is 0 Å². The standard InChI is InChI=1S/C18H25N5O2/c1-12(2)25-16-7-5-14(6-8-16)23-13(3)17(20-21-23)18(24)22(4)15-9-10-19-11-15/h5-8,12,15,19H,9-11H2,1-4H3. The first kappa shape index (κ1) is 17.4.